The van der Waals surface area contributed by atoms with Crippen LogP contribution in [0, 0.1) is 21.7 Å². The number of benzene rings is 1. The quantitative estimate of drug-likeness (QED) is 0.364. The summed E-state index contributed by atoms with van der Waals surface area (Å²) < 4.78 is 25.6. The second-order valence-electron chi connectivity index (χ2n) is 2.68. The molecule has 0 amide bonds. The zero-order valence-electron chi connectivity index (χ0n) is 7.44. The number of nitro benzene ring substituents is 1. The lowest BCUT2D eigenvalue weighted by molar-refractivity contribution is -0.387. The second kappa shape index (κ2) is 4.01. The van der Waals surface area contributed by atoms with Crippen LogP contribution in [0.3, 0.4) is 0 Å². The Labute approximate surface area is 86.3 Å². The Morgan fingerprint density at radius 2 is 1.88 bits per heavy atom. The van der Waals surface area contributed by atoms with Crippen LogP contribution in [0.4, 0.5) is 14.5 Å². The van der Waals surface area contributed by atoms with Crippen LogP contribution in [0.1, 0.15) is 10.4 Å². The van der Waals surface area contributed by atoms with Crippen LogP contribution in [0.5, 0.6) is 0 Å². The van der Waals surface area contributed by atoms with Crippen molar-refractivity contribution in [3.8, 4) is 0 Å². The molecule has 0 radical (unpaired) electrons. The Bertz CT molecular complexity index is 499. The van der Waals surface area contributed by atoms with Crippen molar-refractivity contribution in [2.45, 2.75) is 0 Å². The third kappa shape index (κ3) is 2.00. The Kier molecular flexibility index (Phi) is 2.93. The van der Waals surface area contributed by atoms with E-state index in [9.17, 15) is 28.5 Å². The van der Waals surface area contributed by atoms with Gasteiger partial charge in [-0.2, -0.15) is 4.39 Å². The van der Waals surface area contributed by atoms with E-state index in [2.05, 4.69) is 0 Å². The predicted molar refractivity (Wildman–Crippen MR) is 45.0 cm³/mol. The second-order valence-corrected chi connectivity index (χ2v) is 2.68. The van der Waals surface area contributed by atoms with E-state index in [1.54, 1.807) is 0 Å². The molecule has 0 aliphatic carbocycles. The standard InChI is InChI=1S/C8H3F2NO5/c9-4-1-3(7(12)8(13)14)2-5(6(4)10)11(15)16/h1-2H,(H,13,14). The van der Waals surface area contributed by atoms with Crippen LogP contribution in [-0.4, -0.2) is 21.8 Å². The average molecular weight is 231 g/mol. The fourth-order valence-corrected chi connectivity index (χ4v) is 0.962. The van der Waals surface area contributed by atoms with Gasteiger partial charge in [-0.3, -0.25) is 14.9 Å². The zero-order chi connectivity index (χ0) is 12.5. The van der Waals surface area contributed by atoms with Crippen LogP contribution in [-0.2, 0) is 4.79 Å². The van der Waals surface area contributed by atoms with E-state index in [4.69, 9.17) is 5.11 Å². The number of carbonyl (C=O) groups excluding carboxylic acids is 1. The minimum Gasteiger partial charge on any atom is -0.475 e. The molecule has 6 nitrogen and oxygen atoms in total. The fraction of sp³-hybridized carbons (Fsp3) is 0. The number of rotatable bonds is 3. The lowest BCUT2D eigenvalue weighted by Crippen LogP contribution is -2.13. The molecule has 1 aromatic carbocycles. The van der Waals surface area contributed by atoms with Crippen molar-refractivity contribution >= 4 is 17.4 Å². The monoisotopic (exact) mass is 231 g/mol. The fourth-order valence-electron chi connectivity index (χ4n) is 0.962. The van der Waals surface area contributed by atoms with Gasteiger partial charge in [-0.15, -0.1) is 0 Å². The summed E-state index contributed by atoms with van der Waals surface area (Å²) in [5, 5.41) is 18.5. The Morgan fingerprint density at radius 1 is 1.31 bits per heavy atom. The number of halogens is 2. The molecule has 0 heterocycles. The van der Waals surface area contributed by atoms with Gasteiger partial charge in [-0.1, -0.05) is 0 Å². The van der Waals surface area contributed by atoms with Gasteiger partial charge in [0.15, 0.2) is 5.82 Å². The summed E-state index contributed by atoms with van der Waals surface area (Å²) in [6.45, 7) is 0. The molecule has 1 N–H and O–H groups in total. The van der Waals surface area contributed by atoms with E-state index < -0.39 is 39.6 Å². The van der Waals surface area contributed by atoms with Crippen LogP contribution in [0.25, 0.3) is 0 Å². The Morgan fingerprint density at radius 3 is 2.31 bits per heavy atom. The number of hydrogen-bond donors (Lipinski definition) is 1. The molecule has 0 spiro atoms. The maximum Gasteiger partial charge on any atom is 0.377 e. The van der Waals surface area contributed by atoms with E-state index >= 15 is 0 Å². The van der Waals surface area contributed by atoms with Crippen LogP contribution >= 0.6 is 0 Å². The smallest absolute Gasteiger partial charge is 0.377 e. The summed E-state index contributed by atoms with van der Waals surface area (Å²) in [4.78, 5) is 30.1. The molecule has 84 valence electrons. The Hall–Kier alpha value is -2.38. The molecule has 0 fully saturated rings. The van der Waals surface area contributed by atoms with Gasteiger partial charge < -0.3 is 5.11 Å². The first-order valence-electron chi connectivity index (χ1n) is 3.75. The molecule has 8 heteroatoms. The molecule has 0 saturated carbocycles. The highest BCUT2D eigenvalue weighted by molar-refractivity contribution is 6.39. The largest absolute Gasteiger partial charge is 0.475 e. The topological polar surface area (TPSA) is 97.5 Å². The number of carbonyl (C=O) groups is 2. The van der Waals surface area contributed by atoms with E-state index in [0.29, 0.717) is 12.1 Å². The summed E-state index contributed by atoms with van der Waals surface area (Å²) in [6.07, 6.45) is 0. The number of carboxylic acid groups (broad SMARTS) is 1. The van der Waals surface area contributed by atoms with Crippen LogP contribution in [0.2, 0.25) is 0 Å². The van der Waals surface area contributed by atoms with Crippen LogP contribution in [0.15, 0.2) is 12.1 Å². The highest BCUT2D eigenvalue weighted by Crippen LogP contribution is 2.22. The van der Waals surface area contributed by atoms with Gasteiger partial charge in [0.25, 0.3) is 5.78 Å². The van der Waals surface area contributed by atoms with Gasteiger partial charge in [-0.05, 0) is 6.07 Å². The van der Waals surface area contributed by atoms with Crippen molar-refractivity contribution in [1.82, 2.24) is 0 Å². The molecule has 1 rings (SSSR count). The lowest BCUT2D eigenvalue weighted by atomic mass is 10.1. The van der Waals surface area contributed by atoms with Crippen molar-refractivity contribution < 1.29 is 28.4 Å². The molecular formula is C8H3F2NO5. The molecule has 0 aromatic heterocycles. The van der Waals surface area contributed by atoms with Gasteiger partial charge in [0, 0.05) is 11.6 Å². The molecule has 0 atom stereocenters. The zero-order valence-corrected chi connectivity index (χ0v) is 7.44. The molecule has 0 aliphatic heterocycles. The van der Waals surface area contributed by atoms with Crippen molar-refractivity contribution in [1.29, 1.82) is 0 Å². The summed E-state index contributed by atoms with van der Waals surface area (Å²) in [7, 11) is 0. The molecule has 0 aliphatic rings. The van der Waals surface area contributed by atoms with Gasteiger partial charge in [0.05, 0.1) is 4.92 Å². The molecule has 1 aromatic rings. The minimum absolute atomic E-state index is 0.290. The number of hydrogen-bond acceptors (Lipinski definition) is 4. The van der Waals surface area contributed by atoms with E-state index in [0.717, 1.165) is 0 Å². The number of nitrogens with zero attached hydrogens (tertiary/aromatic N) is 1. The maximum atomic E-state index is 12.8. The van der Waals surface area contributed by atoms with Crippen molar-refractivity contribution in [2.75, 3.05) is 0 Å². The van der Waals surface area contributed by atoms with Gasteiger partial charge in [0.2, 0.25) is 5.82 Å². The minimum atomic E-state index is -1.92. The summed E-state index contributed by atoms with van der Waals surface area (Å²) in [5.74, 6) is -6.87. The highest BCUT2D eigenvalue weighted by Gasteiger charge is 2.25. The predicted octanol–water partition coefficient (Wildman–Crippen LogP) is 1.14. The molecule has 0 unspecified atom stereocenters. The lowest BCUT2D eigenvalue weighted by Gasteiger charge is -1.99. The summed E-state index contributed by atoms with van der Waals surface area (Å²) >= 11 is 0. The van der Waals surface area contributed by atoms with Gasteiger partial charge >= 0.3 is 11.7 Å². The van der Waals surface area contributed by atoms with Crippen molar-refractivity contribution in [3.05, 3.63) is 39.4 Å². The first-order chi connectivity index (χ1) is 7.34. The van der Waals surface area contributed by atoms with Crippen molar-refractivity contribution in [3.63, 3.8) is 0 Å². The van der Waals surface area contributed by atoms with Gasteiger partial charge in [-0.25, -0.2) is 9.18 Å². The van der Waals surface area contributed by atoms with Gasteiger partial charge in [0.1, 0.15) is 0 Å². The number of carboxylic acids is 1. The molecule has 16 heavy (non-hydrogen) atoms. The number of ketones is 1. The average Bonchev–Trinajstić information content (AvgIpc) is 2.20. The summed E-state index contributed by atoms with van der Waals surface area (Å²) in [6, 6.07) is 0.660. The molecule has 0 saturated heterocycles. The van der Waals surface area contributed by atoms with Crippen LogP contribution < -0.4 is 0 Å². The number of Topliss-reactive ketones (excluding diaryl/α,β-unsaturated/α-hetero) is 1. The molecular weight excluding hydrogens is 228 g/mol. The highest BCUT2D eigenvalue weighted by atomic mass is 19.2. The third-order valence-electron chi connectivity index (χ3n) is 1.66. The number of aliphatic carboxylic acids is 1. The number of nitro groups is 1. The maximum absolute atomic E-state index is 12.8. The summed E-state index contributed by atoms with van der Waals surface area (Å²) in [5.41, 5.74) is -2.08. The van der Waals surface area contributed by atoms with E-state index in [1.807, 2.05) is 0 Å². The SMILES string of the molecule is O=C(O)C(=O)c1cc(F)c(F)c([N+](=O)[O-])c1. The normalized spacial score (nSPS) is 9.88. The molecule has 0 bridgehead atoms. The third-order valence-corrected chi connectivity index (χ3v) is 1.66. The van der Waals surface area contributed by atoms with Crippen molar-refractivity contribution in [2.24, 2.45) is 0 Å². The van der Waals surface area contributed by atoms with E-state index in [1.165, 1.54) is 0 Å². The first kappa shape index (κ1) is 11.7. The Balaban J connectivity index is 3.40. The first-order valence-corrected chi connectivity index (χ1v) is 3.75. The van der Waals surface area contributed by atoms with E-state index in [-0.39, 0.29) is 0 Å².